The average molecular weight is 275 g/mol. The molecule has 0 amide bonds. The number of hydrogen-bond acceptors (Lipinski definition) is 2. The molecule has 0 radical (unpaired) electrons. The first-order chi connectivity index (χ1) is 9.27. The molecule has 1 fully saturated rings. The molecule has 1 saturated carbocycles. The Hall–Kier alpha value is -0.860. The van der Waals surface area contributed by atoms with Crippen LogP contribution in [0.4, 0.5) is 0 Å². The molecule has 0 aliphatic heterocycles. The predicted molar refractivity (Wildman–Crippen MR) is 85.2 cm³/mol. The molecule has 2 heteroatoms. The van der Waals surface area contributed by atoms with Crippen molar-refractivity contribution in [1.29, 1.82) is 0 Å². The summed E-state index contributed by atoms with van der Waals surface area (Å²) in [5, 5.41) is 3.79. The lowest BCUT2D eigenvalue weighted by molar-refractivity contribution is -0.0999. The summed E-state index contributed by atoms with van der Waals surface area (Å²) in [5.74, 6) is 0. The van der Waals surface area contributed by atoms with Crippen LogP contribution in [0.5, 0.6) is 0 Å². The molecule has 1 aromatic rings. The first kappa shape index (κ1) is 15.5. The van der Waals surface area contributed by atoms with Crippen LogP contribution in [0.25, 0.3) is 0 Å². The smallest absolute Gasteiger partial charge is 0.0652 e. The van der Waals surface area contributed by atoms with Gasteiger partial charge in [0.05, 0.1) is 6.10 Å². The van der Waals surface area contributed by atoms with E-state index in [4.69, 9.17) is 4.74 Å². The van der Waals surface area contributed by atoms with Gasteiger partial charge in [-0.3, -0.25) is 0 Å². The summed E-state index contributed by atoms with van der Waals surface area (Å²) in [4.78, 5) is 0. The van der Waals surface area contributed by atoms with E-state index < -0.39 is 0 Å². The van der Waals surface area contributed by atoms with Gasteiger partial charge in [-0.2, -0.15) is 0 Å². The summed E-state index contributed by atoms with van der Waals surface area (Å²) < 4.78 is 5.54. The van der Waals surface area contributed by atoms with Crippen LogP contribution in [0.3, 0.4) is 0 Å². The Morgan fingerprint density at radius 3 is 2.30 bits per heavy atom. The number of rotatable bonds is 4. The van der Waals surface area contributed by atoms with Crippen LogP contribution in [0.1, 0.15) is 55.5 Å². The molecule has 112 valence electrons. The standard InChI is InChI=1S/C18H29NO/c1-11-8-13(3)15(9-12(11)2)14(4)19-16-10-17(20-7)18(16,5)6/h8-9,14,16-17,19H,10H2,1-7H3. The van der Waals surface area contributed by atoms with Gasteiger partial charge in [0.25, 0.3) is 0 Å². The van der Waals surface area contributed by atoms with Gasteiger partial charge >= 0.3 is 0 Å². The highest BCUT2D eigenvalue weighted by Gasteiger charge is 2.48. The second kappa shape index (κ2) is 5.50. The average Bonchev–Trinajstić information content (AvgIpc) is 2.37. The normalized spacial score (nSPS) is 26.1. The molecule has 3 atom stereocenters. The van der Waals surface area contributed by atoms with Crippen molar-refractivity contribution in [3.05, 3.63) is 34.4 Å². The van der Waals surface area contributed by atoms with Gasteiger partial charge in [0, 0.05) is 24.6 Å². The molecule has 1 aromatic carbocycles. The minimum Gasteiger partial charge on any atom is -0.381 e. The summed E-state index contributed by atoms with van der Waals surface area (Å²) >= 11 is 0. The number of aryl methyl sites for hydroxylation is 3. The molecule has 1 aliphatic carbocycles. The van der Waals surface area contributed by atoms with Crippen molar-refractivity contribution in [3.63, 3.8) is 0 Å². The van der Waals surface area contributed by atoms with Crippen LogP contribution in [-0.2, 0) is 4.74 Å². The van der Waals surface area contributed by atoms with Crippen LogP contribution in [0, 0.1) is 26.2 Å². The summed E-state index contributed by atoms with van der Waals surface area (Å²) in [5.41, 5.74) is 5.78. The molecule has 0 bridgehead atoms. The Morgan fingerprint density at radius 2 is 1.75 bits per heavy atom. The molecule has 0 aromatic heterocycles. The molecular formula is C18H29NO. The Labute approximate surface area is 123 Å². The number of hydrogen-bond donors (Lipinski definition) is 1. The second-order valence-corrected chi connectivity index (χ2v) is 7.02. The largest absolute Gasteiger partial charge is 0.381 e. The maximum absolute atomic E-state index is 5.54. The Kier molecular flexibility index (Phi) is 4.27. The zero-order valence-electron chi connectivity index (χ0n) is 14.0. The van der Waals surface area contributed by atoms with Crippen molar-refractivity contribution in [3.8, 4) is 0 Å². The Bertz CT molecular complexity index is 492. The van der Waals surface area contributed by atoms with Crippen molar-refractivity contribution < 1.29 is 4.74 Å². The van der Waals surface area contributed by atoms with Crippen LogP contribution in [0.15, 0.2) is 12.1 Å². The molecule has 20 heavy (non-hydrogen) atoms. The monoisotopic (exact) mass is 275 g/mol. The highest BCUT2D eigenvalue weighted by Crippen LogP contribution is 2.43. The van der Waals surface area contributed by atoms with E-state index in [1.807, 2.05) is 7.11 Å². The molecule has 2 rings (SSSR count). The zero-order valence-corrected chi connectivity index (χ0v) is 14.0. The minimum absolute atomic E-state index is 0.219. The maximum Gasteiger partial charge on any atom is 0.0652 e. The third-order valence-corrected chi connectivity index (χ3v) is 5.26. The third-order valence-electron chi connectivity index (χ3n) is 5.26. The van der Waals surface area contributed by atoms with Crippen molar-refractivity contribution in [1.82, 2.24) is 5.32 Å². The van der Waals surface area contributed by atoms with Gasteiger partial charge in [-0.1, -0.05) is 26.0 Å². The minimum atomic E-state index is 0.219. The fourth-order valence-corrected chi connectivity index (χ4v) is 3.41. The number of nitrogens with one attached hydrogen (secondary N) is 1. The van der Waals surface area contributed by atoms with Crippen molar-refractivity contribution in [2.75, 3.05) is 7.11 Å². The van der Waals surface area contributed by atoms with E-state index in [2.05, 4.69) is 59.0 Å². The fourth-order valence-electron chi connectivity index (χ4n) is 3.41. The summed E-state index contributed by atoms with van der Waals surface area (Å²) in [6.45, 7) is 13.4. The van der Waals surface area contributed by atoms with Gasteiger partial charge in [0.15, 0.2) is 0 Å². The van der Waals surface area contributed by atoms with Crippen LogP contribution < -0.4 is 5.32 Å². The summed E-state index contributed by atoms with van der Waals surface area (Å²) in [6, 6.07) is 5.55. The molecule has 0 heterocycles. The van der Waals surface area contributed by atoms with Gasteiger partial charge < -0.3 is 10.1 Å². The molecule has 2 nitrogen and oxygen atoms in total. The Morgan fingerprint density at radius 1 is 1.15 bits per heavy atom. The molecule has 0 saturated heterocycles. The zero-order chi connectivity index (χ0) is 15.1. The summed E-state index contributed by atoms with van der Waals surface area (Å²) in [7, 11) is 1.82. The van der Waals surface area contributed by atoms with E-state index in [0.717, 1.165) is 6.42 Å². The number of ether oxygens (including phenoxy) is 1. The highest BCUT2D eigenvalue weighted by molar-refractivity contribution is 5.38. The predicted octanol–water partition coefficient (Wildman–Crippen LogP) is 4.08. The molecule has 0 spiro atoms. The molecule has 1 N–H and O–H groups in total. The van der Waals surface area contributed by atoms with Crippen molar-refractivity contribution >= 4 is 0 Å². The van der Waals surface area contributed by atoms with Gasteiger partial charge in [0.2, 0.25) is 0 Å². The summed E-state index contributed by atoms with van der Waals surface area (Å²) in [6.07, 6.45) is 1.49. The van der Waals surface area contributed by atoms with Crippen molar-refractivity contribution in [2.24, 2.45) is 5.41 Å². The Balaban J connectivity index is 2.10. The first-order valence-corrected chi connectivity index (χ1v) is 7.64. The second-order valence-electron chi connectivity index (χ2n) is 7.02. The first-order valence-electron chi connectivity index (χ1n) is 7.64. The highest BCUT2D eigenvalue weighted by atomic mass is 16.5. The van der Waals surface area contributed by atoms with Gasteiger partial charge in [-0.25, -0.2) is 0 Å². The lowest BCUT2D eigenvalue weighted by Crippen LogP contribution is -2.61. The topological polar surface area (TPSA) is 21.3 Å². The maximum atomic E-state index is 5.54. The lowest BCUT2D eigenvalue weighted by Gasteiger charge is -2.52. The molecule has 1 aliphatic rings. The third kappa shape index (κ3) is 2.64. The molecular weight excluding hydrogens is 246 g/mol. The van der Waals surface area contributed by atoms with Gasteiger partial charge in [-0.05, 0) is 56.4 Å². The van der Waals surface area contributed by atoms with Crippen LogP contribution in [0.2, 0.25) is 0 Å². The lowest BCUT2D eigenvalue weighted by atomic mass is 9.64. The van der Waals surface area contributed by atoms with E-state index in [0.29, 0.717) is 18.2 Å². The van der Waals surface area contributed by atoms with E-state index in [9.17, 15) is 0 Å². The van der Waals surface area contributed by atoms with E-state index in [1.54, 1.807) is 0 Å². The van der Waals surface area contributed by atoms with E-state index >= 15 is 0 Å². The van der Waals surface area contributed by atoms with Gasteiger partial charge in [0.1, 0.15) is 0 Å². The SMILES string of the molecule is COC1CC(NC(C)c2cc(C)c(C)cc2C)C1(C)C. The van der Waals surface area contributed by atoms with E-state index in [1.165, 1.54) is 22.3 Å². The van der Waals surface area contributed by atoms with Crippen LogP contribution in [-0.4, -0.2) is 19.3 Å². The quantitative estimate of drug-likeness (QED) is 0.894. The van der Waals surface area contributed by atoms with Crippen LogP contribution >= 0.6 is 0 Å². The number of methoxy groups -OCH3 is 1. The number of benzene rings is 1. The van der Waals surface area contributed by atoms with E-state index in [-0.39, 0.29) is 5.41 Å². The van der Waals surface area contributed by atoms with Gasteiger partial charge in [-0.15, -0.1) is 0 Å². The fraction of sp³-hybridized carbons (Fsp3) is 0.667. The molecule has 3 unspecified atom stereocenters. The van der Waals surface area contributed by atoms with Crippen molar-refractivity contribution in [2.45, 2.75) is 66.2 Å².